The highest BCUT2D eigenvalue weighted by molar-refractivity contribution is 5.90. The van der Waals surface area contributed by atoms with Crippen LogP contribution < -0.4 is 30.2 Å². The molecule has 9 nitrogen and oxygen atoms in total. The molecule has 10 heteroatoms. The van der Waals surface area contributed by atoms with E-state index in [0.29, 0.717) is 47.8 Å². The molecule has 0 saturated carbocycles. The van der Waals surface area contributed by atoms with Crippen molar-refractivity contribution in [2.45, 2.75) is 33.6 Å². The minimum absolute atomic E-state index is 0.0558. The van der Waals surface area contributed by atoms with Crippen molar-refractivity contribution in [3.05, 3.63) is 48.4 Å². The number of aliphatic hydroxyl groups excluding tert-OH is 1. The Bertz CT molecular complexity index is 1220. The molecule has 0 fully saturated rings. The lowest BCUT2D eigenvalue weighted by Crippen LogP contribution is -2.31. The van der Waals surface area contributed by atoms with Crippen LogP contribution in [0, 0.1) is 11.2 Å². The number of hydrogen-bond acceptors (Lipinski definition) is 7. The van der Waals surface area contributed by atoms with Gasteiger partial charge in [-0.05, 0) is 49.1 Å². The van der Waals surface area contributed by atoms with Crippen LogP contribution >= 0.6 is 0 Å². The summed E-state index contributed by atoms with van der Waals surface area (Å²) in [5.74, 6) is 1.18. The van der Waals surface area contributed by atoms with Crippen molar-refractivity contribution in [3.8, 4) is 23.0 Å². The van der Waals surface area contributed by atoms with E-state index in [1.54, 1.807) is 37.6 Å². The Morgan fingerprint density at radius 3 is 2.58 bits per heavy atom. The molecule has 0 unspecified atom stereocenters. The smallest absolute Gasteiger partial charge is 0.319 e. The SMILES string of the molecule is COc1cc2c(Oc3ccc(NC(=O)NCCC(C)(C)C)c(F)c3)ccnc2cc1OCCCNCCO. The lowest BCUT2D eigenvalue weighted by Gasteiger charge is -2.18. The summed E-state index contributed by atoms with van der Waals surface area (Å²) in [7, 11) is 1.55. The summed E-state index contributed by atoms with van der Waals surface area (Å²) in [4.78, 5) is 16.5. The van der Waals surface area contributed by atoms with E-state index in [1.807, 2.05) is 0 Å². The van der Waals surface area contributed by atoms with E-state index >= 15 is 0 Å². The number of aromatic nitrogens is 1. The number of ether oxygens (including phenoxy) is 3. The standard InChI is InChI=1S/C28H37FN4O5/c1-28(2,3)9-12-32-27(35)33-22-7-6-19(16-21(22)29)38-24-8-11-31-23-18-26(25(36-4)17-20(23)24)37-15-5-10-30-13-14-34/h6-8,11,16-18,30,34H,5,9-10,12-15H2,1-4H3,(H2,32,33,35). The van der Waals surface area contributed by atoms with Crippen LogP contribution in [0.3, 0.4) is 0 Å². The topological polar surface area (TPSA) is 114 Å². The van der Waals surface area contributed by atoms with Crippen LogP contribution in [0.4, 0.5) is 14.9 Å². The zero-order valence-corrected chi connectivity index (χ0v) is 22.4. The number of hydrogen-bond donors (Lipinski definition) is 4. The highest BCUT2D eigenvalue weighted by Crippen LogP contribution is 2.37. The number of rotatable bonds is 13. The number of nitrogens with zero attached hydrogens (tertiary/aromatic N) is 1. The average molecular weight is 529 g/mol. The van der Waals surface area contributed by atoms with Crippen molar-refractivity contribution in [1.29, 1.82) is 0 Å². The number of urea groups is 1. The molecule has 0 saturated heterocycles. The second-order valence-corrected chi connectivity index (χ2v) is 9.94. The van der Waals surface area contributed by atoms with Gasteiger partial charge in [-0.3, -0.25) is 4.98 Å². The number of aliphatic hydroxyl groups is 1. The number of carbonyl (C=O) groups excluding carboxylic acids is 1. The molecule has 0 aliphatic carbocycles. The quantitative estimate of drug-likeness (QED) is 0.229. The largest absolute Gasteiger partial charge is 0.493 e. The fourth-order valence-electron chi connectivity index (χ4n) is 3.58. The summed E-state index contributed by atoms with van der Waals surface area (Å²) in [6, 6.07) is 9.02. The molecule has 0 aliphatic rings. The molecule has 2 amide bonds. The Balaban J connectivity index is 1.68. The van der Waals surface area contributed by atoms with E-state index in [2.05, 4.69) is 41.7 Å². The summed E-state index contributed by atoms with van der Waals surface area (Å²) < 4.78 is 32.1. The third kappa shape index (κ3) is 8.74. The van der Waals surface area contributed by atoms with Gasteiger partial charge in [0.25, 0.3) is 0 Å². The van der Waals surface area contributed by atoms with Gasteiger partial charge in [0.2, 0.25) is 0 Å². The van der Waals surface area contributed by atoms with Gasteiger partial charge in [0.15, 0.2) is 11.5 Å². The van der Waals surface area contributed by atoms with Gasteiger partial charge in [-0.15, -0.1) is 0 Å². The number of nitrogens with one attached hydrogen (secondary N) is 3. The van der Waals surface area contributed by atoms with Gasteiger partial charge in [0.05, 0.1) is 31.5 Å². The minimum Gasteiger partial charge on any atom is -0.493 e. The normalized spacial score (nSPS) is 11.3. The predicted octanol–water partition coefficient (Wildman–Crippen LogP) is 5.08. The fourth-order valence-corrected chi connectivity index (χ4v) is 3.58. The van der Waals surface area contributed by atoms with E-state index in [0.717, 1.165) is 19.4 Å². The maximum atomic E-state index is 14.7. The molecule has 0 aliphatic heterocycles. The monoisotopic (exact) mass is 528 g/mol. The van der Waals surface area contributed by atoms with Crippen molar-refractivity contribution in [3.63, 3.8) is 0 Å². The van der Waals surface area contributed by atoms with Crippen LogP contribution in [0.15, 0.2) is 42.6 Å². The lowest BCUT2D eigenvalue weighted by molar-refractivity contribution is 0.250. The van der Waals surface area contributed by atoms with Crippen molar-refractivity contribution < 1.29 is 28.5 Å². The molecule has 1 heterocycles. The second-order valence-electron chi connectivity index (χ2n) is 9.94. The van der Waals surface area contributed by atoms with Crippen LogP contribution in [0.5, 0.6) is 23.0 Å². The first-order valence-electron chi connectivity index (χ1n) is 12.6. The summed E-state index contributed by atoms with van der Waals surface area (Å²) in [6.07, 6.45) is 3.16. The summed E-state index contributed by atoms with van der Waals surface area (Å²) in [6.45, 7) is 8.57. The Morgan fingerprint density at radius 1 is 1.05 bits per heavy atom. The summed E-state index contributed by atoms with van der Waals surface area (Å²) in [5, 5.41) is 17.9. The van der Waals surface area contributed by atoms with Gasteiger partial charge < -0.3 is 35.3 Å². The number of anilines is 1. The number of pyridine rings is 1. The van der Waals surface area contributed by atoms with Crippen molar-refractivity contribution in [2.75, 3.05) is 45.3 Å². The third-order valence-corrected chi connectivity index (χ3v) is 5.61. The maximum absolute atomic E-state index is 14.7. The Kier molecular flexibility index (Phi) is 10.5. The minimum atomic E-state index is -0.617. The van der Waals surface area contributed by atoms with Gasteiger partial charge >= 0.3 is 6.03 Å². The molecule has 3 rings (SSSR count). The first-order valence-corrected chi connectivity index (χ1v) is 12.6. The summed E-state index contributed by atoms with van der Waals surface area (Å²) >= 11 is 0. The zero-order valence-electron chi connectivity index (χ0n) is 22.4. The number of amides is 2. The van der Waals surface area contributed by atoms with E-state index in [9.17, 15) is 9.18 Å². The fraction of sp³-hybridized carbons (Fsp3) is 0.429. The molecule has 0 spiro atoms. The number of carbonyl (C=O) groups is 1. The highest BCUT2D eigenvalue weighted by Gasteiger charge is 2.14. The molecule has 0 radical (unpaired) electrons. The van der Waals surface area contributed by atoms with Crippen molar-refractivity contribution >= 4 is 22.6 Å². The Morgan fingerprint density at radius 2 is 1.87 bits per heavy atom. The molecular weight excluding hydrogens is 491 g/mol. The summed E-state index contributed by atoms with van der Waals surface area (Å²) in [5.41, 5.74) is 0.772. The predicted molar refractivity (Wildman–Crippen MR) is 146 cm³/mol. The Labute approximate surface area is 222 Å². The molecule has 3 aromatic rings. The van der Waals surface area contributed by atoms with Crippen LogP contribution in [0.1, 0.15) is 33.6 Å². The van der Waals surface area contributed by atoms with Gasteiger partial charge in [-0.2, -0.15) is 0 Å². The van der Waals surface area contributed by atoms with Gasteiger partial charge in [0, 0.05) is 36.8 Å². The van der Waals surface area contributed by atoms with Crippen LogP contribution in [0.25, 0.3) is 10.9 Å². The van der Waals surface area contributed by atoms with E-state index in [-0.39, 0.29) is 23.5 Å². The van der Waals surface area contributed by atoms with Crippen LogP contribution in [0.2, 0.25) is 0 Å². The Hall–Kier alpha value is -3.63. The van der Waals surface area contributed by atoms with E-state index in [4.69, 9.17) is 19.3 Å². The lowest BCUT2D eigenvalue weighted by atomic mass is 9.92. The first kappa shape index (κ1) is 28.9. The molecule has 38 heavy (non-hydrogen) atoms. The average Bonchev–Trinajstić information content (AvgIpc) is 2.86. The first-order chi connectivity index (χ1) is 18.2. The van der Waals surface area contributed by atoms with Crippen LogP contribution in [-0.2, 0) is 0 Å². The van der Waals surface area contributed by atoms with Gasteiger partial charge in [-0.1, -0.05) is 20.8 Å². The maximum Gasteiger partial charge on any atom is 0.319 e. The molecule has 0 atom stereocenters. The van der Waals surface area contributed by atoms with Crippen LogP contribution in [-0.4, -0.2) is 56.1 Å². The zero-order chi connectivity index (χ0) is 27.5. The highest BCUT2D eigenvalue weighted by atomic mass is 19.1. The van der Waals surface area contributed by atoms with Gasteiger partial charge in [0.1, 0.15) is 17.3 Å². The van der Waals surface area contributed by atoms with Crippen molar-refractivity contribution in [1.82, 2.24) is 15.6 Å². The molecular formula is C28H37FN4O5. The third-order valence-electron chi connectivity index (χ3n) is 5.61. The van der Waals surface area contributed by atoms with E-state index in [1.165, 1.54) is 12.1 Å². The molecule has 206 valence electrons. The molecule has 2 aromatic carbocycles. The number of benzene rings is 2. The molecule has 4 N–H and O–H groups in total. The van der Waals surface area contributed by atoms with E-state index < -0.39 is 11.8 Å². The number of fused-ring (bicyclic) bond motifs is 1. The number of halogens is 1. The van der Waals surface area contributed by atoms with Gasteiger partial charge in [-0.25, -0.2) is 9.18 Å². The molecule has 1 aromatic heterocycles. The number of methoxy groups -OCH3 is 1. The second kappa shape index (κ2) is 13.8. The van der Waals surface area contributed by atoms with Crippen molar-refractivity contribution in [2.24, 2.45) is 5.41 Å². The molecule has 0 bridgehead atoms.